The fraction of sp³-hybridized carbons (Fsp3) is 0.500. The van der Waals surface area contributed by atoms with Crippen LogP contribution in [0, 0.1) is 0 Å². The van der Waals surface area contributed by atoms with Crippen LogP contribution in [0.15, 0.2) is 24.3 Å². The molecule has 1 aliphatic rings. The zero-order valence-corrected chi connectivity index (χ0v) is 12.7. The normalized spacial score (nSPS) is 22.9. The molecule has 0 bridgehead atoms. The Bertz CT molecular complexity index is 521. The number of nitrogens with two attached hydrogens (primary N) is 1. The van der Waals surface area contributed by atoms with E-state index in [-0.39, 0.29) is 16.5 Å². The molecule has 0 saturated carbocycles. The van der Waals surface area contributed by atoms with Crippen molar-refractivity contribution in [1.29, 1.82) is 0 Å². The molecule has 0 radical (unpaired) electrons. The summed E-state index contributed by atoms with van der Waals surface area (Å²) in [6.45, 7) is 3.06. The van der Waals surface area contributed by atoms with E-state index in [0.29, 0.717) is 12.1 Å². The zero-order chi connectivity index (χ0) is 15.6. The summed E-state index contributed by atoms with van der Waals surface area (Å²) in [5.74, 6) is -0.00994. The molecule has 3 nitrogen and oxygen atoms in total. The molecule has 0 aliphatic carbocycles. The van der Waals surface area contributed by atoms with Crippen LogP contribution in [0.3, 0.4) is 0 Å². The highest BCUT2D eigenvalue weighted by Crippen LogP contribution is 2.43. The van der Waals surface area contributed by atoms with E-state index in [9.17, 15) is 18.0 Å². The van der Waals surface area contributed by atoms with Gasteiger partial charge in [-0.05, 0) is 24.6 Å². The molecular weight excluding hydrogens is 301 g/mol. The van der Waals surface area contributed by atoms with Gasteiger partial charge in [0, 0.05) is 0 Å². The SMILES string of the molecule is C[NH2+]CCN1C(=O)[C@@H](C)S[C@H]1c1cccc(C(F)(F)F)c1. The quantitative estimate of drug-likeness (QED) is 0.920. The van der Waals surface area contributed by atoms with Gasteiger partial charge in [0.2, 0.25) is 5.91 Å². The first-order valence-electron chi connectivity index (χ1n) is 6.75. The van der Waals surface area contributed by atoms with E-state index >= 15 is 0 Å². The molecular formula is C14H18F3N2OS+. The fourth-order valence-corrected chi connectivity index (χ4v) is 3.60. The Balaban J connectivity index is 2.29. The molecule has 0 unspecified atom stereocenters. The van der Waals surface area contributed by atoms with Crippen LogP contribution >= 0.6 is 11.8 Å². The third kappa shape index (κ3) is 3.52. The van der Waals surface area contributed by atoms with Gasteiger partial charge in [-0.1, -0.05) is 12.1 Å². The van der Waals surface area contributed by atoms with Crippen molar-refractivity contribution in [1.82, 2.24) is 4.90 Å². The van der Waals surface area contributed by atoms with E-state index < -0.39 is 11.7 Å². The van der Waals surface area contributed by atoms with E-state index in [1.54, 1.807) is 17.9 Å². The Morgan fingerprint density at radius 3 is 2.71 bits per heavy atom. The van der Waals surface area contributed by atoms with Gasteiger partial charge < -0.3 is 10.2 Å². The van der Waals surface area contributed by atoms with Gasteiger partial charge in [0.15, 0.2) is 0 Å². The maximum atomic E-state index is 12.8. The number of alkyl halides is 3. The molecule has 1 aromatic rings. The summed E-state index contributed by atoms with van der Waals surface area (Å²) in [7, 11) is 1.90. The van der Waals surface area contributed by atoms with Crippen LogP contribution in [0.2, 0.25) is 0 Å². The lowest BCUT2D eigenvalue weighted by Gasteiger charge is -2.23. The highest BCUT2D eigenvalue weighted by atomic mass is 32.2. The van der Waals surface area contributed by atoms with Crippen molar-refractivity contribution in [3.05, 3.63) is 35.4 Å². The highest BCUT2D eigenvalue weighted by Gasteiger charge is 2.39. The van der Waals surface area contributed by atoms with E-state index in [4.69, 9.17) is 0 Å². The number of likely N-dealkylation sites (N-methyl/N-ethyl adjacent to an activating group) is 1. The molecule has 2 N–H and O–H groups in total. The number of hydrogen-bond acceptors (Lipinski definition) is 2. The van der Waals surface area contributed by atoms with Crippen molar-refractivity contribution in [2.24, 2.45) is 0 Å². The Hall–Kier alpha value is -1.21. The van der Waals surface area contributed by atoms with Crippen molar-refractivity contribution >= 4 is 17.7 Å². The molecule has 116 valence electrons. The van der Waals surface area contributed by atoms with E-state index in [1.807, 2.05) is 12.4 Å². The Morgan fingerprint density at radius 1 is 1.38 bits per heavy atom. The molecule has 0 spiro atoms. The maximum absolute atomic E-state index is 12.8. The monoisotopic (exact) mass is 319 g/mol. The van der Waals surface area contributed by atoms with Gasteiger partial charge >= 0.3 is 6.18 Å². The Morgan fingerprint density at radius 2 is 2.10 bits per heavy atom. The van der Waals surface area contributed by atoms with E-state index in [1.165, 1.54) is 17.8 Å². The van der Waals surface area contributed by atoms with Crippen molar-refractivity contribution in [2.75, 3.05) is 20.1 Å². The minimum atomic E-state index is -4.36. The third-order valence-corrected chi connectivity index (χ3v) is 4.80. The first-order chi connectivity index (χ1) is 9.84. The number of thioether (sulfide) groups is 1. The van der Waals surface area contributed by atoms with E-state index in [0.717, 1.165) is 18.7 Å². The van der Waals surface area contributed by atoms with Gasteiger partial charge in [-0.15, -0.1) is 11.8 Å². The number of nitrogens with zero attached hydrogens (tertiary/aromatic N) is 1. The second kappa shape index (κ2) is 6.27. The lowest BCUT2D eigenvalue weighted by molar-refractivity contribution is -0.626. The van der Waals surface area contributed by atoms with Crippen molar-refractivity contribution < 1.29 is 23.3 Å². The molecule has 0 aromatic heterocycles. The number of hydrogen-bond donors (Lipinski definition) is 1. The smallest absolute Gasteiger partial charge is 0.347 e. The number of quaternary nitrogens is 1. The summed E-state index contributed by atoms with van der Waals surface area (Å²) in [6, 6.07) is 5.25. The molecule has 1 saturated heterocycles. The van der Waals surface area contributed by atoms with Crippen molar-refractivity contribution in [2.45, 2.75) is 23.7 Å². The molecule has 2 atom stereocenters. The summed E-state index contributed by atoms with van der Waals surface area (Å²) in [5, 5.41) is 1.39. The van der Waals surface area contributed by atoms with Crippen LogP contribution in [0.25, 0.3) is 0 Å². The lowest BCUT2D eigenvalue weighted by Crippen LogP contribution is -2.81. The number of halogens is 3. The summed E-state index contributed by atoms with van der Waals surface area (Å²) < 4.78 is 38.4. The lowest BCUT2D eigenvalue weighted by atomic mass is 10.1. The van der Waals surface area contributed by atoms with E-state index in [2.05, 4.69) is 0 Å². The topological polar surface area (TPSA) is 36.9 Å². The summed E-state index contributed by atoms with van der Waals surface area (Å²) >= 11 is 1.40. The van der Waals surface area contributed by atoms with Gasteiger partial charge in [0.1, 0.15) is 5.37 Å². The van der Waals surface area contributed by atoms with Gasteiger partial charge in [0.05, 0.1) is 31.0 Å². The first-order valence-corrected chi connectivity index (χ1v) is 7.69. The van der Waals surface area contributed by atoms with Crippen molar-refractivity contribution in [3.63, 3.8) is 0 Å². The Labute approximate surface area is 125 Å². The van der Waals surface area contributed by atoms with Gasteiger partial charge in [-0.3, -0.25) is 4.79 Å². The minimum absolute atomic E-state index is 0.00994. The minimum Gasteiger partial charge on any atom is -0.347 e. The number of carbonyl (C=O) groups excluding carboxylic acids is 1. The molecule has 2 rings (SSSR count). The average molecular weight is 319 g/mol. The predicted octanol–water partition coefficient (Wildman–Crippen LogP) is 1.86. The number of benzene rings is 1. The Kier molecular flexibility index (Phi) is 4.83. The van der Waals surface area contributed by atoms with Crippen LogP contribution in [-0.2, 0) is 11.0 Å². The van der Waals surface area contributed by atoms with Gasteiger partial charge in [-0.25, -0.2) is 0 Å². The predicted molar refractivity (Wildman–Crippen MR) is 75.7 cm³/mol. The maximum Gasteiger partial charge on any atom is 0.416 e. The number of amides is 1. The molecule has 1 aliphatic heterocycles. The largest absolute Gasteiger partial charge is 0.416 e. The second-order valence-electron chi connectivity index (χ2n) is 4.98. The highest BCUT2D eigenvalue weighted by molar-refractivity contribution is 8.01. The molecule has 1 aromatic carbocycles. The molecule has 21 heavy (non-hydrogen) atoms. The van der Waals surface area contributed by atoms with Crippen LogP contribution in [0.5, 0.6) is 0 Å². The van der Waals surface area contributed by atoms with Crippen LogP contribution in [0.4, 0.5) is 13.2 Å². The average Bonchev–Trinajstić information content (AvgIpc) is 2.72. The van der Waals surface area contributed by atoms with Crippen LogP contribution in [0.1, 0.15) is 23.4 Å². The number of carbonyl (C=O) groups is 1. The number of rotatable bonds is 4. The summed E-state index contributed by atoms with van der Waals surface area (Å²) in [6.07, 6.45) is -4.36. The molecule has 1 amide bonds. The summed E-state index contributed by atoms with van der Waals surface area (Å²) in [4.78, 5) is 13.8. The van der Waals surface area contributed by atoms with Gasteiger partial charge in [-0.2, -0.15) is 13.2 Å². The third-order valence-electron chi connectivity index (χ3n) is 3.40. The van der Waals surface area contributed by atoms with Crippen LogP contribution in [-0.4, -0.2) is 36.2 Å². The molecule has 1 fully saturated rings. The first kappa shape index (κ1) is 16.2. The fourth-order valence-electron chi connectivity index (χ4n) is 2.30. The van der Waals surface area contributed by atoms with Gasteiger partial charge in [0.25, 0.3) is 0 Å². The van der Waals surface area contributed by atoms with Crippen LogP contribution < -0.4 is 5.32 Å². The molecule has 7 heteroatoms. The molecule has 1 heterocycles. The zero-order valence-electron chi connectivity index (χ0n) is 11.9. The van der Waals surface area contributed by atoms with Crippen molar-refractivity contribution in [3.8, 4) is 0 Å². The second-order valence-corrected chi connectivity index (χ2v) is 6.41. The summed E-state index contributed by atoms with van der Waals surface area (Å²) in [5.41, 5.74) is -0.141. The standard InChI is InChI=1S/C14H17F3N2OS/c1-9-12(20)19(7-6-18-2)13(21-9)10-4-3-5-11(8-10)14(15,16)17/h3-5,8-9,13,18H,6-7H2,1-2H3/p+1/t9-,13+/m1/s1.